The molecule has 1 aromatic carbocycles. The van der Waals surface area contributed by atoms with Crippen LogP contribution in [-0.2, 0) is 30.4 Å². The van der Waals surface area contributed by atoms with Crippen LogP contribution in [0.3, 0.4) is 0 Å². The lowest BCUT2D eigenvalue weighted by Crippen LogP contribution is -2.25. The molecular formula is C21H18Cl2F3N3OS. The van der Waals surface area contributed by atoms with E-state index in [0.29, 0.717) is 34.1 Å². The van der Waals surface area contributed by atoms with Crippen LogP contribution >= 0.6 is 35.0 Å². The standard InChI is InChI=1S/C21H18Cl2F3N3OS/c22-13-7-6-12(16(23)8-13)10-28-18(30)11-31-20-15(9-27)19(21(24,25)26)14-4-2-1-3-5-17(14)29-20/h6-8H,1-5,10-11H2,(H,28,30). The number of fused-ring (bicyclic) bond motifs is 1. The van der Waals surface area contributed by atoms with Crippen LogP contribution in [0.1, 0.15) is 47.2 Å². The predicted molar refractivity (Wildman–Crippen MR) is 114 cm³/mol. The van der Waals surface area contributed by atoms with Gasteiger partial charge in [0.25, 0.3) is 0 Å². The Morgan fingerprint density at radius 2 is 1.97 bits per heavy atom. The van der Waals surface area contributed by atoms with Crippen LogP contribution < -0.4 is 5.32 Å². The molecule has 0 spiro atoms. The number of nitriles is 1. The summed E-state index contributed by atoms with van der Waals surface area (Å²) in [5.74, 6) is -0.589. The van der Waals surface area contributed by atoms with Crippen molar-refractivity contribution in [2.75, 3.05) is 5.75 Å². The summed E-state index contributed by atoms with van der Waals surface area (Å²) in [4.78, 5) is 16.6. The van der Waals surface area contributed by atoms with E-state index >= 15 is 0 Å². The number of carbonyl (C=O) groups excluding carboxylic acids is 1. The smallest absolute Gasteiger partial charge is 0.351 e. The van der Waals surface area contributed by atoms with Crippen LogP contribution in [0.2, 0.25) is 10.0 Å². The van der Waals surface area contributed by atoms with Crippen molar-refractivity contribution in [3.63, 3.8) is 0 Å². The number of nitrogens with zero attached hydrogens (tertiary/aromatic N) is 2. The molecule has 0 unspecified atom stereocenters. The van der Waals surface area contributed by atoms with Gasteiger partial charge in [-0.3, -0.25) is 4.79 Å². The minimum absolute atomic E-state index is 0.0600. The first-order valence-corrected chi connectivity index (χ1v) is 11.3. The van der Waals surface area contributed by atoms with Crippen LogP contribution in [0, 0.1) is 11.3 Å². The molecule has 0 bridgehead atoms. The summed E-state index contributed by atoms with van der Waals surface area (Å²) in [6.45, 7) is 0.145. The van der Waals surface area contributed by atoms with Gasteiger partial charge in [-0.25, -0.2) is 4.98 Å². The molecule has 1 aromatic heterocycles. The third-order valence-electron chi connectivity index (χ3n) is 4.92. The first-order chi connectivity index (χ1) is 14.7. The minimum atomic E-state index is -4.66. The van der Waals surface area contributed by atoms with Crippen LogP contribution in [0.4, 0.5) is 13.2 Å². The van der Waals surface area contributed by atoms with Crippen molar-refractivity contribution in [1.82, 2.24) is 10.3 Å². The molecule has 3 rings (SSSR count). The zero-order valence-electron chi connectivity index (χ0n) is 16.3. The number of hydrogen-bond donors (Lipinski definition) is 1. The maximum atomic E-state index is 13.8. The number of aryl methyl sites for hydroxylation is 1. The fourth-order valence-electron chi connectivity index (χ4n) is 3.46. The van der Waals surface area contributed by atoms with Gasteiger partial charge in [-0.15, -0.1) is 0 Å². The fourth-order valence-corrected chi connectivity index (χ4v) is 4.77. The minimum Gasteiger partial charge on any atom is -0.351 e. The lowest BCUT2D eigenvalue weighted by Gasteiger charge is -2.18. The average Bonchev–Trinajstić information content (AvgIpc) is 2.94. The molecule has 0 aliphatic heterocycles. The van der Waals surface area contributed by atoms with Crippen molar-refractivity contribution in [2.45, 2.75) is 49.9 Å². The molecule has 0 fully saturated rings. The lowest BCUT2D eigenvalue weighted by atomic mass is 9.97. The molecule has 0 atom stereocenters. The van der Waals surface area contributed by atoms with Crippen LogP contribution in [0.15, 0.2) is 23.2 Å². The van der Waals surface area contributed by atoms with Gasteiger partial charge in [0, 0.05) is 22.3 Å². The number of carbonyl (C=O) groups is 1. The zero-order chi connectivity index (χ0) is 22.6. The van der Waals surface area contributed by atoms with Crippen molar-refractivity contribution < 1.29 is 18.0 Å². The molecule has 0 saturated heterocycles. The van der Waals surface area contributed by atoms with Crippen molar-refractivity contribution in [3.8, 4) is 6.07 Å². The van der Waals surface area contributed by atoms with Crippen molar-refractivity contribution in [1.29, 1.82) is 5.26 Å². The molecule has 1 heterocycles. The maximum Gasteiger partial charge on any atom is 0.418 e. The van der Waals surface area contributed by atoms with E-state index in [1.807, 2.05) is 0 Å². The Labute approximate surface area is 192 Å². The summed E-state index contributed by atoms with van der Waals surface area (Å²) in [5.41, 5.74) is -0.262. The van der Waals surface area contributed by atoms with E-state index in [4.69, 9.17) is 23.2 Å². The highest BCUT2D eigenvalue weighted by atomic mass is 35.5. The Morgan fingerprint density at radius 1 is 1.23 bits per heavy atom. The summed E-state index contributed by atoms with van der Waals surface area (Å²) in [6.07, 6.45) is -1.79. The second-order valence-corrected chi connectivity index (χ2v) is 8.87. The number of thioether (sulfide) groups is 1. The third-order valence-corrected chi connectivity index (χ3v) is 6.48. The van der Waals surface area contributed by atoms with E-state index in [0.717, 1.165) is 24.6 Å². The topological polar surface area (TPSA) is 65.8 Å². The van der Waals surface area contributed by atoms with Gasteiger partial charge in [0.15, 0.2) is 0 Å². The predicted octanol–water partition coefficient (Wildman–Crippen LogP) is 5.96. The van der Waals surface area contributed by atoms with E-state index in [-0.39, 0.29) is 29.3 Å². The molecule has 31 heavy (non-hydrogen) atoms. The Hall–Kier alpha value is -1.95. The van der Waals surface area contributed by atoms with Gasteiger partial charge < -0.3 is 5.32 Å². The van der Waals surface area contributed by atoms with E-state index in [2.05, 4.69) is 10.3 Å². The number of rotatable bonds is 5. The van der Waals surface area contributed by atoms with Gasteiger partial charge >= 0.3 is 6.18 Å². The number of pyridine rings is 1. The maximum absolute atomic E-state index is 13.8. The molecule has 4 nitrogen and oxygen atoms in total. The average molecular weight is 488 g/mol. The number of aromatic nitrogens is 1. The summed E-state index contributed by atoms with van der Waals surface area (Å²) in [5, 5.41) is 12.9. The molecule has 1 aliphatic carbocycles. The number of amides is 1. The summed E-state index contributed by atoms with van der Waals surface area (Å²) in [7, 11) is 0. The number of benzene rings is 1. The quantitative estimate of drug-likeness (QED) is 0.417. The fraction of sp³-hybridized carbons (Fsp3) is 0.381. The van der Waals surface area contributed by atoms with Gasteiger partial charge in [-0.05, 0) is 48.9 Å². The monoisotopic (exact) mass is 487 g/mol. The molecule has 2 aromatic rings. The third kappa shape index (κ3) is 5.85. The Kier molecular flexibility index (Phi) is 7.73. The Balaban J connectivity index is 1.78. The van der Waals surface area contributed by atoms with Gasteiger partial charge in [-0.1, -0.05) is 47.5 Å². The van der Waals surface area contributed by atoms with Gasteiger partial charge in [0.1, 0.15) is 11.1 Å². The number of alkyl halides is 3. The number of nitrogens with one attached hydrogen (secondary N) is 1. The molecule has 164 valence electrons. The Morgan fingerprint density at radius 3 is 2.65 bits per heavy atom. The first-order valence-electron chi connectivity index (χ1n) is 9.57. The summed E-state index contributed by atoms with van der Waals surface area (Å²) >= 11 is 12.7. The number of hydrogen-bond acceptors (Lipinski definition) is 4. The Bertz CT molecular complexity index is 1040. The zero-order valence-corrected chi connectivity index (χ0v) is 18.6. The molecule has 10 heteroatoms. The van der Waals surface area contributed by atoms with E-state index in [9.17, 15) is 23.2 Å². The van der Waals surface area contributed by atoms with E-state index in [1.54, 1.807) is 24.3 Å². The normalized spacial score (nSPS) is 13.8. The molecular weight excluding hydrogens is 470 g/mol. The molecule has 1 N–H and O–H groups in total. The lowest BCUT2D eigenvalue weighted by molar-refractivity contribution is -0.138. The van der Waals surface area contributed by atoms with Crippen molar-refractivity contribution >= 4 is 40.9 Å². The summed E-state index contributed by atoms with van der Waals surface area (Å²) < 4.78 is 41.5. The molecule has 0 saturated carbocycles. The first kappa shape index (κ1) is 23.7. The van der Waals surface area contributed by atoms with Crippen LogP contribution in [0.25, 0.3) is 0 Å². The van der Waals surface area contributed by atoms with Crippen LogP contribution in [0.5, 0.6) is 0 Å². The van der Waals surface area contributed by atoms with Crippen molar-refractivity contribution in [3.05, 3.63) is 56.2 Å². The molecule has 1 aliphatic rings. The second-order valence-electron chi connectivity index (χ2n) is 7.06. The highest BCUT2D eigenvalue weighted by molar-refractivity contribution is 8.00. The highest BCUT2D eigenvalue weighted by Gasteiger charge is 2.39. The largest absolute Gasteiger partial charge is 0.418 e. The van der Waals surface area contributed by atoms with E-state index < -0.39 is 23.2 Å². The molecule has 1 amide bonds. The van der Waals surface area contributed by atoms with Crippen molar-refractivity contribution in [2.24, 2.45) is 0 Å². The van der Waals surface area contributed by atoms with Crippen LogP contribution in [-0.4, -0.2) is 16.6 Å². The van der Waals surface area contributed by atoms with Gasteiger partial charge in [-0.2, -0.15) is 18.4 Å². The highest BCUT2D eigenvalue weighted by Crippen LogP contribution is 2.40. The van der Waals surface area contributed by atoms with Gasteiger partial charge in [0.2, 0.25) is 5.91 Å². The molecule has 0 radical (unpaired) electrons. The number of halogens is 5. The SMILES string of the molecule is N#Cc1c(SCC(=O)NCc2ccc(Cl)cc2Cl)nc2c(c1C(F)(F)F)CCCCC2. The second kappa shape index (κ2) is 10.1. The summed E-state index contributed by atoms with van der Waals surface area (Å²) in [6, 6.07) is 6.54. The van der Waals surface area contributed by atoms with E-state index in [1.165, 1.54) is 0 Å². The van der Waals surface area contributed by atoms with Gasteiger partial charge in [0.05, 0.1) is 16.9 Å².